The van der Waals surface area contributed by atoms with E-state index in [0.717, 1.165) is 56.9 Å². The lowest BCUT2D eigenvalue weighted by Crippen LogP contribution is -2.23. The van der Waals surface area contributed by atoms with Gasteiger partial charge in [-0.1, -0.05) is 5.16 Å². The number of fused-ring (bicyclic) bond motifs is 3. The number of non-ortho nitro benzene ring substituents is 1. The van der Waals surface area contributed by atoms with Crippen LogP contribution in [0.25, 0.3) is 16.8 Å². The summed E-state index contributed by atoms with van der Waals surface area (Å²) < 4.78 is 3.30. The van der Waals surface area contributed by atoms with Gasteiger partial charge in [0.05, 0.1) is 25.4 Å². The normalized spacial score (nSPS) is 16.6. The quantitative estimate of drug-likeness (QED) is 0.170. The van der Waals surface area contributed by atoms with Crippen LogP contribution >= 0.6 is 23.1 Å². The molecule has 0 atom stereocenters. The molecule has 0 N–H and O–H groups in total. The van der Waals surface area contributed by atoms with Gasteiger partial charge in [-0.05, 0) is 62.0 Å². The number of nitro benzene ring substituents is 1. The number of oxime groups is 1. The van der Waals surface area contributed by atoms with Gasteiger partial charge in [-0.3, -0.25) is 15.0 Å². The Morgan fingerprint density at radius 1 is 1.23 bits per heavy atom. The summed E-state index contributed by atoms with van der Waals surface area (Å²) in [6.07, 6.45) is 6.62. The number of rotatable bonds is 7. The monoisotopic (exact) mass is 454 g/mol. The third-order valence-electron chi connectivity index (χ3n) is 5.70. The highest BCUT2D eigenvalue weighted by Crippen LogP contribution is 2.48. The van der Waals surface area contributed by atoms with Gasteiger partial charge in [0.1, 0.15) is 12.3 Å². The van der Waals surface area contributed by atoms with Crippen LogP contribution in [-0.2, 0) is 4.84 Å². The van der Waals surface area contributed by atoms with Crippen LogP contribution in [0.2, 0.25) is 0 Å². The zero-order chi connectivity index (χ0) is 21.4. The Hall–Kier alpha value is -2.62. The Kier molecular flexibility index (Phi) is 5.56. The van der Waals surface area contributed by atoms with E-state index in [1.807, 2.05) is 30.5 Å². The number of likely N-dealkylation sites (tertiary alicyclic amines) is 1. The van der Waals surface area contributed by atoms with E-state index in [2.05, 4.69) is 20.9 Å². The molecule has 1 saturated heterocycles. The van der Waals surface area contributed by atoms with Gasteiger partial charge in [0.2, 0.25) is 0 Å². The van der Waals surface area contributed by atoms with E-state index in [1.54, 1.807) is 35.2 Å². The van der Waals surface area contributed by atoms with Crippen LogP contribution in [0.15, 0.2) is 52.0 Å². The van der Waals surface area contributed by atoms with Crippen molar-refractivity contribution >= 4 is 34.5 Å². The Morgan fingerprint density at radius 2 is 2.00 bits per heavy atom. The lowest BCUT2D eigenvalue weighted by atomic mass is 10.1. The Labute approximate surface area is 188 Å². The molecule has 0 unspecified atom stereocenters. The van der Waals surface area contributed by atoms with Gasteiger partial charge in [-0.25, -0.2) is 0 Å². The largest absolute Gasteiger partial charge is 0.394 e. The Balaban J connectivity index is 1.49. The lowest BCUT2D eigenvalue weighted by molar-refractivity contribution is -0.384. The Morgan fingerprint density at radius 3 is 2.71 bits per heavy atom. The molecule has 31 heavy (non-hydrogen) atoms. The molecule has 7 nitrogen and oxygen atoms in total. The molecule has 1 fully saturated rings. The first kappa shape index (κ1) is 20.3. The number of aromatic nitrogens is 1. The molecule has 0 saturated carbocycles. The predicted molar refractivity (Wildman–Crippen MR) is 125 cm³/mol. The molecule has 3 aromatic rings. The molecule has 5 rings (SSSR count). The molecular weight excluding hydrogens is 432 g/mol. The van der Waals surface area contributed by atoms with Gasteiger partial charge < -0.3 is 9.40 Å². The third kappa shape index (κ3) is 3.66. The highest BCUT2D eigenvalue weighted by Gasteiger charge is 2.33. The first-order valence-electron chi connectivity index (χ1n) is 10.2. The molecule has 0 spiro atoms. The summed E-state index contributed by atoms with van der Waals surface area (Å²) in [7, 11) is 0. The fourth-order valence-electron chi connectivity index (χ4n) is 4.20. The third-order valence-corrected chi connectivity index (χ3v) is 8.01. The van der Waals surface area contributed by atoms with Crippen LogP contribution in [0.3, 0.4) is 0 Å². The fraction of sp³-hybridized carbons (Fsp3) is 0.318. The maximum absolute atomic E-state index is 11.1. The molecule has 0 aliphatic carbocycles. The van der Waals surface area contributed by atoms with Crippen molar-refractivity contribution in [3.05, 3.63) is 63.3 Å². The molecule has 0 bridgehead atoms. The number of nitrogens with zero attached hydrogens (tertiary/aromatic N) is 4. The van der Waals surface area contributed by atoms with Crippen molar-refractivity contribution in [2.24, 2.45) is 5.16 Å². The van der Waals surface area contributed by atoms with E-state index in [1.165, 1.54) is 12.8 Å². The Bertz CT molecular complexity index is 1140. The number of hydrogen-bond acceptors (Lipinski definition) is 7. The van der Waals surface area contributed by atoms with E-state index in [9.17, 15) is 10.1 Å². The molecule has 160 valence electrons. The van der Waals surface area contributed by atoms with E-state index in [4.69, 9.17) is 4.84 Å². The SMILES string of the molecule is CSc1sc2c(c1-c1ccc([N+](=O)[O-])cc1)-n1cccc1/C2=N/OCCN1CCCC1. The summed E-state index contributed by atoms with van der Waals surface area (Å²) in [4.78, 5) is 19.9. The predicted octanol–water partition coefficient (Wildman–Crippen LogP) is 5.01. The van der Waals surface area contributed by atoms with Crippen LogP contribution in [0.4, 0.5) is 5.69 Å². The molecule has 1 aromatic carbocycles. The minimum Gasteiger partial charge on any atom is -0.394 e. The number of thioether (sulfide) groups is 1. The van der Waals surface area contributed by atoms with Crippen molar-refractivity contribution in [2.45, 2.75) is 17.1 Å². The summed E-state index contributed by atoms with van der Waals surface area (Å²) in [5.74, 6) is 0. The molecule has 2 aliphatic heterocycles. The second-order valence-corrected chi connectivity index (χ2v) is 9.63. The van der Waals surface area contributed by atoms with Gasteiger partial charge in [0.15, 0.2) is 0 Å². The maximum Gasteiger partial charge on any atom is 0.269 e. The van der Waals surface area contributed by atoms with E-state index in [0.29, 0.717) is 6.61 Å². The fourth-order valence-corrected chi connectivity index (χ4v) is 6.24. The van der Waals surface area contributed by atoms with Crippen molar-refractivity contribution < 1.29 is 9.76 Å². The number of nitro groups is 1. The van der Waals surface area contributed by atoms with Crippen LogP contribution < -0.4 is 0 Å². The van der Waals surface area contributed by atoms with E-state index < -0.39 is 0 Å². The molecule has 0 amide bonds. The highest BCUT2D eigenvalue weighted by molar-refractivity contribution is 8.00. The van der Waals surface area contributed by atoms with Crippen LogP contribution in [0, 0.1) is 10.1 Å². The average molecular weight is 455 g/mol. The van der Waals surface area contributed by atoms with Crippen molar-refractivity contribution in [1.82, 2.24) is 9.47 Å². The van der Waals surface area contributed by atoms with Crippen LogP contribution in [-0.4, -0.2) is 52.6 Å². The van der Waals surface area contributed by atoms with Crippen molar-refractivity contribution in [3.8, 4) is 16.8 Å². The molecule has 2 aliphatic rings. The molecule has 0 radical (unpaired) electrons. The molecule has 9 heteroatoms. The second kappa shape index (κ2) is 8.49. The van der Waals surface area contributed by atoms with Crippen molar-refractivity contribution in [1.29, 1.82) is 0 Å². The number of benzene rings is 1. The van der Waals surface area contributed by atoms with Crippen LogP contribution in [0.1, 0.15) is 23.4 Å². The first-order chi connectivity index (χ1) is 15.2. The minimum atomic E-state index is -0.369. The van der Waals surface area contributed by atoms with Crippen LogP contribution in [0.5, 0.6) is 0 Å². The van der Waals surface area contributed by atoms with Crippen molar-refractivity contribution in [3.63, 3.8) is 0 Å². The first-order valence-corrected chi connectivity index (χ1v) is 12.3. The number of hydrogen-bond donors (Lipinski definition) is 0. The van der Waals surface area contributed by atoms with Crippen molar-refractivity contribution in [2.75, 3.05) is 32.5 Å². The molecular formula is C22H22N4O3S2. The summed E-state index contributed by atoms with van der Waals surface area (Å²) in [6.45, 7) is 3.77. The zero-order valence-electron chi connectivity index (χ0n) is 17.1. The number of thiophene rings is 1. The topological polar surface area (TPSA) is 72.9 Å². The summed E-state index contributed by atoms with van der Waals surface area (Å²) >= 11 is 3.37. The van der Waals surface area contributed by atoms with Gasteiger partial charge in [-0.15, -0.1) is 23.1 Å². The minimum absolute atomic E-state index is 0.0941. The summed E-state index contributed by atoms with van der Waals surface area (Å²) in [6, 6.07) is 10.8. The zero-order valence-corrected chi connectivity index (χ0v) is 18.7. The highest BCUT2D eigenvalue weighted by atomic mass is 32.2. The van der Waals surface area contributed by atoms with Gasteiger partial charge in [0, 0.05) is 30.4 Å². The smallest absolute Gasteiger partial charge is 0.269 e. The standard InChI is InChI=1S/C22H22N4O3S2/c1-30-22-18(15-6-8-16(9-7-15)26(27)28)20-21(31-22)19(17-5-4-12-25(17)20)23-29-14-13-24-10-2-3-11-24/h4-9,12H,2-3,10-11,13-14H2,1H3/b23-19-. The lowest BCUT2D eigenvalue weighted by Gasteiger charge is -2.12. The summed E-state index contributed by atoms with van der Waals surface area (Å²) in [5.41, 5.74) is 5.08. The second-order valence-electron chi connectivity index (χ2n) is 7.54. The summed E-state index contributed by atoms with van der Waals surface area (Å²) in [5, 5.41) is 15.6. The van der Waals surface area contributed by atoms with E-state index >= 15 is 0 Å². The molecule has 2 aromatic heterocycles. The van der Waals surface area contributed by atoms with Gasteiger partial charge in [0.25, 0.3) is 5.69 Å². The average Bonchev–Trinajstić information content (AvgIpc) is 3.55. The molecule has 4 heterocycles. The maximum atomic E-state index is 11.1. The van der Waals surface area contributed by atoms with E-state index in [-0.39, 0.29) is 10.6 Å². The van der Waals surface area contributed by atoms with Gasteiger partial charge in [-0.2, -0.15) is 0 Å². The van der Waals surface area contributed by atoms with Gasteiger partial charge >= 0.3 is 0 Å².